The predicted molar refractivity (Wildman–Crippen MR) is 109 cm³/mol. The summed E-state index contributed by atoms with van der Waals surface area (Å²) in [4.78, 5) is 22.9. The molecule has 28 heavy (non-hydrogen) atoms. The molecule has 1 aliphatic carbocycles. The molecule has 150 valence electrons. The summed E-state index contributed by atoms with van der Waals surface area (Å²) in [5.74, 6) is 1.75. The second-order valence-corrected chi connectivity index (χ2v) is 7.60. The minimum absolute atomic E-state index is 0.0132. The largest absolute Gasteiger partial charge is 0.363 e. The van der Waals surface area contributed by atoms with Gasteiger partial charge in [0.2, 0.25) is 11.9 Å². The number of benzene rings is 1. The highest BCUT2D eigenvalue weighted by atomic mass is 19.1. The molecule has 0 atom stereocenters. The Hall–Kier alpha value is -2.70. The van der Waals surface area contributed by atoms with E-state index in [0.717, 1.165) is 37.1 Å². The molecule has 0 unspecified atom stereocenters. The van der Waals surface area contributed by atoms with E-state index >= 15 is 0 Å². The van der Waals surface area contributed by atoms with Crippen LogP contribution in [0.2, 0.25) is 0 Å². The molecule has 7 heteroatoms. The molecule has 0 radical (unpaired) electrons. The molecular weight excluding hydrogens is 357 g/mol. The quantitative estimate of drug-likeness (QED) is 0.767. The number of amides is 1. The Morgan fingerprint density at radius 3 is 2.54 bits per heavy atom. The molecule has 0 spiro atoms. The van der Waals surface area contributed by atoms with Crippen LogP contribution in [0.25, 0.3) is 0 Å². The molecule has 1 aromatic carbocycles. The first-order chi connectivity index (χ1) is 13.5. The molecule has 0 bridgehead atoms. The van der Waals surface area contributed by atoms with Gasteiger partial charge in [0.1, 0.15) is 11.6 Å². The molecule has 1 heterocycles. The topological polar surface area (TPSA) is 70.2 Å². The number of rotatable bonds is 7. The number of halogens is 1. The lowest BCUT2D eigenvalue weighted by atomic mass is 9.86. The van der Waals surface area contributed by atoms with Crippen LogP contribution in [0.3, 0.4) is 0 Å². The number of hydrogen-bond acceptors (Lipinski definition) is 5. The van der Waals surface area contributed by atoms with E-state index in [0.29, 0.717) is 24.5 Å². The lowest BCUT2D eigenvalue weighted by Crippen LogP contribution is -2.34. The summed E-state index contributed by atoms with van der Waals surface area (Å²) in [6.07, 6.45) is 6.25. The van der Waals surface area contributed by atoms with Gasteiger partial charge in [0.25, 0.3) is 0 Å². The fourth-order valence-corrected chi connectivity index (χ4v) is 3.47. The molecule has 0 saturated heterocycles. The number of carbonyl (C=O) groups is 1. The van der Waals surface area contributed by atoms with Crippen molar-refractivity contribution in [3.8, 4) is 0 Å². The molecule has 1 fully saturated rings. The van der Waals surface area contributed by atoms with Crippen molar-refractivity contribution in [2.75, 3.05) is 30.9 Å². The van der Waals surface area contributed by atoms with Crippen LogP contribution in [0.1, 0.15) is 31.2 Å². The summed E-state index contributed by atoms with van der Waals surface area (Å²) in [7, 11) is 3.92. The van der Waals surface area contributed by atoms with E-state index in [1.54, 1.807) is 18.3 Å². The zero-order chi connectivity index (χ0) is 19.9. The fraction of sp³-hybridized carbons (Fsp3) is 0.476. The zero-order valence-corrected chi connectivity index (χ0v) is 16.5. The van der Waals surface area contributed by atoms with Crippen LogP contribution in [0.15, 0.2) is 36.5 Å². The third-order valence-electron chi connectivity index (χ3n) is 5.14. The fourth-order valence-electron chi connectivity index (χ4n) is 3.47. The highest BCUT2D eigenvalue weighted by molar-refractivity contribution is 5.78. The normalized spacial score (nSPS) is 19.1. The highest BCUT2D eigenvalue weighted by Crippen LogP contribution is 2.25. The van der Waals surface area contributed by atoms with Crippen molar-refractivity contribution in [1.82, 2.24) is 15.3 Å². The van der Waals surface area contributed by atoms with Gasteiger partial charge in [-0.05, 0) is 55.4 Å². The van der Waals surface area contributed by atoms with Crippen LogP contribution in [-0.2, 0) is 11.2 Å². The number of nitrogens with zero attached hydrogens (tertiary/aromatic N) is 3. The average Bonchev–Trinajstić information content (AvgIpc) is 2.69. The molecule has 2 aromatic rings. The minimum Gasteiger partial charge on any atom is -0.363 e. The van der Waals surface area contributed by atoms with Crippen LogP contribution in [0.4, 0.5) is 16.2 Å². The molecule has 2 N–H and O–H groups in total. The van der Waals surface area contributed by atoms with E-state index < -0.39 is 0 Å². The van der Waals surface area contributed by atoms with E-state index in [-0.39, 0.29) is 18.1 Å². The predicted octanol–water partition coefficient (Wildman–Crippen LogP) is 3.01. The van der Waals surface area contributed by atoms with Crippen LogP contribution in [0.5, 0.6) is 0 Å². The molecule has 1 aliphatic rings. The monoisotopic (exact) mass is 385 g/mol. The Morgan fingerprint density at radius 1 is 1.14 bits per heavy atom. The summed E-state index contributed by atoms with van der Waals surface area (Å²) in [5, 5.41) is 6.45. The molecule has 1 saturated carbocycles. The van der Waals surface area contributed by atoms with E-state index in [1.165, 1.54) is 12.1 Å². The third kappa shape index (κ3) is 5.90. The summed E-state index contributed by atoms with van der Waals surface area (Å²) < 4.78 is 12.9. The second kappa shape index (κ2) is 9.48. The molecule has 0 aliphatic heterocycles. The Morgan fingerprint density at radius 2 is 1.86 bits per heavy atom. The van der Waals surface area contributed by atoms with Crippen molar-refractivity contribution >= 4 is 17.7 Å². The van der Waals surface area contributed by atoms with E-state index in [1.807, 2.05) is 25.1 Å². The molecule has 3 rings (SSSR count). The maximum absolute atomic E-state index is 12.9. The van der Waals surface area contributed by atoms with Crippen LogP contribution < -0.4 is 15.5 Å². The van der Waals surface area contributed by atoms with Crippen LogP contribution in [0, 0.1) is 11.7 Å². The average molecular weight is 385 g/mol. The van der Waals surface area contributed by atoms with Gasteiger partial charge < -0.3 is 15.5 Å². The SMILES string of the molecule is CN(C)c1ccnc(N[C@H]2CC[C@@H](CNC(=O)Cc3ccc(F)cc3)CC2)n1. The van der Waals surface area contributed by atoms with Gasteiger partial charge in [-0.1, -0.05) is 12.1 Å². The first-order valence-corrected chi connectivity index (χ1v) is 9.77. The van der Waals surface area contributed by atoms with Crippen molar-refractivity contribution in [3.05, 3.63) is 47.9 Å². The van der Waals surface area contributed by atoms with Gasteiger partial charge >= 0.3 is 0 Å². The van der Waals surface area contributed by atoms with Crippen molar-refractivity contribution in [2.24, 2.45) is 5.92 Å². The van der Waals surface area contributed by atoms with Crippen molar-refractivity contribution < 1.29 is 9.18 Å². The second-order valence-electron chi connectivity index (χ2n) is 7.60. The van der Waals surface area contributed by atoms with Gasteiger partial charge in [-0.3, -0.25) is 4.79 Å². The Bertz CT molecular complexity index is 773. The van der Waals surface area contributed by atoms with E-state index in [4.69, 9.17) is 0 Å². The number of aromatic nitrogens is 2. The van der Waals surface area contributed by atoms with Gasteiger partial charge in [0.05, 0.1) is 6.42 Å². The standard InChI is InChI=1S/C21H28FN5O/c1-27(2)19-11-12-23-21(26-19)25-18-9-5-16(6-10-18)14-24-20(28)13-15-3-7-17(22)8-4-15/h3-4,7-8,11-12,16,18H,5-6,9-10,13-14H2,1-2H3,(H,24,28)(H,23,25,26)/t16-,18+. The number of anilines is 2. The van der Waals surface area contributed by atoms with Crippen molar-refractivity contribution in [2.45, 2.75) is 38.1 Å². The number of hydrogen-bond donors (Lipinski definition) is 2. The van der Waals surface area contributed by atoms with Gasteiger partial charge in [-0.2, -0.15) is 4.98 Å². The van der Waals surface area contributed by atoms with E-state index in [9.17, 15) is 9.18 Å². The highest BCUT2D eigenvalue weighted by Gasteiger charge is 2.22. The maximum Gasteiger partial charge on any atom is 0.224 e. The number of nitrogens with one attached hydrogen (secondary N) is 2. The lowest BCUT2D eigenvalue weighted by Gasteiger charge is -2.29. The van der Waals surface area contributed by atoms with E-state index in [2.05, 4.69) is 20.6 Å². The molecular formula is C21H28FN5O. The molecule has 1 aromatic heterocycles. The number of carbonyl (C=O) groups excluding carboxylic acids is 1. The smallest absolute Gasteiger partial charge is 0.224 e. The summed E-state index contributed by atoms with van der Waals surface area (Å²) in [6.45, 7) is 0.694. The minimum atomic E-state index is -0.284. The van der Waals surface area contributed by atoms with Gasteiger partial charge in [0, 0.05) is 32.9 Å². The maximum atomic E-state index is 12.9. The Balaban J connectivity index is 1.38. The Kier molecular flexibility index (Phi) is 6.79. The van der Waals surface area contributed by atoms with Crippen LogP contribution >= 0.6 is 0 Å². The zero-order valence-electron chi connectivity index (χ0n) is 16.5. The van der Waals surface area contributed by atoms with Crippen molar-refractivity contribution in [3.63, 3.8) is 0 Å². The summed E-state index contributed by atoms with van der Waals surface area (Å²) in [6, 6.07) is 8.32. The first-order valence-electron chi connectivity index (χ1n) is 9.77. The van der Waals surface area contributed by atoms with Gasteiger partial charge in [-0.15, -0.1) is 0 Å². The van der Waals surface area contributed by atoms with Crippen molar-refractivity contribution in [1.29, 1.82) is 0 Å². The molecule has 1 amide bonds. The summed E-state index contributed by atoms with van der Waals surface area (Å²) in [5.41, 5.74) is 0.826. The summed E-state index contributed by atoms with van der Waals surface area (Å²) >= 11 is 0. The first kappa shape index (κ1) is 20.0. The van der Waals surface area contributed by atoms with Gasteiger partial charge in [-0.25, -0.2) is 9.37 Å². The Labute approximate surface area is 165 Å². The van der Waals surface area contributed by atoms with Crippen LogP contribution in [-0.4, -0.2) is 42.6 Å². The molecule has 6 nitrogen and oxygen atoms in total. The third-order valence-corrected chi connectivity index (χ3v) is 5.14. The van der Waals surface area contributed by atoms with Gasteiger partial charge in [0.15, 0.2) is 0 Å². The lowest BCUT2D eigenvalue weighted by molar-refractivity contribution is -0.120.